The first kappa shape index (κ1) is 16.1. The zero-order valence-corrected chi connectivity index (χ0v) is 13.8. The maximum atomic E-state index is 13.3. The van der Waals surface area contributed by atoms with Crippen molar-refractivity contribution < 1.29 is 9.50 Å². The van der Waals surface area contributed by atoms with Crippen LogP contribution in [-0.2, 0) is 0 Å². The minimum absolute atomic E-state index is 0.150. The lowest BCUT2D eigenvalue weighted by Crippen LogP contribution is -2.09. The monoisotopic (exact) mass is 321 g/mol. The average Bonchev–Trinajstić information content (AvgIpc) is 2.59. The maximum Gasteiger partial charge on any atom is 0.123 e. The highest BCUT2D eigenvalue weighted by Crippen LogP contribution is 2.38. The Labute approximate surface area is 141 Å². The number of nitrogens with zero attached hydrogens (tertiary/aromatic N) is 1. The van der Waals surface area contributed by atoms with Gasteiger partial charge < -0.3 is 10.0 Å². The highest BCUT2D eigenvalue weighted by molar-refractivity contribution is 5.57. The number of benzene rings is 3. The summed E-state index contributed by atoms with van der Waals surface area (Å²) in [4.78, 5) is 1.94. The molecule has 0 spiro atoms. The third kappa shape index (κ3) is 3.25. The molecular weight excluding hydrogens is 301 g/mol. The number of anilines is 1. The van der Waals surface area contributed by atoms with Gasteiger partial charge in [-0.3, -0.25) is 0 Å². The molecule has 0 aromatic heterocycles. The molecule has 3 heteroatoms. The van der Waals surface area contributed by atoms with Crippen molar-refractivity contribution >= 4 is 5.69 Å². The Morgan fingerprint density at radius 2 is 1.46 bits per heavy atom. The average molecular weight is 321 g/mol. The maximum absolute atomic E-state index is 13.3. The van der Waals surface area contributed by atoms with E-state index in [4.69, 9.17) is 0 Å². The summed E-state index contributed by atoms with van der Waals surface area (Å²) >= 11 is 0. The second-order valence-corrected chi connectivity index (χ2v) is 6.03. The largest absolute Gasteiger partial charge is 0.508 e. The molecule has 0 fully saturated rings. The van der Waals surface area contributed by atoms with E-state index in [1.807, 2.05) is 61.5 Å². The Balaban J connectivity index is 2.13. The number of hydrogen-bond donors (Lipinski definition) is 1. The van der Waals surface area contributed by atoms with E-state index in [1.54, 1.807) is 18.2 Å². The summed E-state index contributed by atoms with van der Waals surface area (Å²) in [5, 5.41) is 10.6. The Morgan fingerprint density at radius 3 is 2.04 bits per heavy atom. The molecule has 0 radical (unpaired) electrons. The van der Waals surface area contributed by atoms with E-state index in [-0.39, 0.29) is 17.5 Å². The second-order valence-electron chi connectivity index (χ2n) is 6.03. The van der Waals surface area contributed by atoms with E-state index < -0.39 is 0 Å². The number of rotatable bonds is 4. The second kappa shape index (κ2) is 6.75. The predicted molar refractivity (Wildman–Crippen MR) is 96.2 cm³/mol. The van der Waals surface area contributed by atoms with E-state index >= 15 is 0 Å². The lowest BCUT2D eigenvalue weighted by molar-refractivity contribution is 0.467. The van der Waals surface area contributed by atoms with Gasteiger partial charge in [0.1, 0.15) is 11.6 Å². The summed E-state index contributed by atoms with van der Waals surface area (Å²) in [5.41, 5.74) is 3.73. The molecule has 0 heterocycles. The Morgan fingerprint density at radius 1 is 0.833 bits per heavy atom. The first-order valence-corrected chi connectivity index (χ1v) is 7.87. The first-order valence-electron chi connectivity index (χ1n) is 7.87. The van der Waals surface area contributed by atoms with Crippen LogP contribution < -0.4 is 4.90 Å². The van der Waals surface area contributed by atoms with Crippen molar-refractivity contribution in [3.05, 3.63) is 95.3 Å². The standard InChI is InChI=1S/C21H20FNO/c1-23(2)18-12-13-19(20(24)14-18)21(15-6-4-3-5-7-15)16-8-10-17(22)11-9-16/h3-14,21,24H,1-2H3/t21-/m1/s1. The summed E-state index contributed by atoms with van der Waals surface area (Å²) < 4.78 is 13.3. The fourth-order valence-electron chi connectivity index (χ4n) is 2.91. The SMILES string of the molecule is CN(C)c1ccc([C@H](c2ccccc2)c2ccc(F)cc2)c(O)c1. The number of phenols is 1. The Kier molecular flexibility index (Phi) is 4.52. The lowest BCUT2D eigenvalue weighted by Gasteiger charge is -2.21. The smallest absolute Gasteiger partial charge is 0.123 e. The summed E-state index contributed by atoms with van der Waals surface area (Å²) in [6, 6.07) is 22.1. The predicted octanol–water partition coefficient (Wildman–Crippen LogP) is 4.78. The molecule has 0 bridgehead atoms. The number of phenolic OH excluding ortho intramolecular Hbond substituents is 1. The van der Waals surface area contributed by atoms with Gasteiger partial charge in [0, 0.05) is 37.3 Å². The molecule has 122 valence electrons. The normalized spacial score (nSPS) is 12.0. The van der Waals surface area contributed by atoms with Gasteiger partial charge in [0.2, 0.25) is 0 Å². The van der Waals surface area contributed by atoms with E-state index in [2.05, 4.69) is 0 Å². The van der Waals surface area contributed by atoms with Crippen molar-refractivity contribution in [2.45, 2.75) is 5.92 Å². The minimum atomic E-state index is -0.266. The van der Waals surface area contributed by atoms with Gasteiger partial charge >= 0.3 is 0 Å². The van der Waals surface area contributed by atoms with Gasteiger partial charge in [-0.2, -0.15) is 0 Å². The highest BCUT2D eigenvalue weighted by Gasteiger charge is 2.20. The Bertz CT molecular complexity index is 813. The van der Waals surface area contributed by atoms with Crippen molar-refractivity contribution in [1.29, 1.82) is 0 Å². The van der Waals surface area contributed by atoms with Gasteiger partial charge in [0.25, 0.3) is 0 Å². The van der Waals surface area contributed by atoms with Crippen molar-refractivity contribution in [3.8, 4) is 5.75 Å². The first-order chi connectivity index (χ1) is 11.6. The summed E-state index contributed by atoms with van der Waals surface area (Å²) in [5.74, 6) is -0.180. The van der Waals surface area contributed by atoms with Crippen LogP contribution in [0.3, 0.4) is 0 Å². The summed E-state index contributed by atoms with van der Waals surface area (Å²) in [6.07, 6.45) is 0. The van der Waals surface area contributed by atoms with Gasteiger partial charge in [-0.1, -0.05) is 48.5 Å². The molecule has 1 atom stereocenters. The molecule has 1 N–H and O–H groups in total. The van der Waals surface area contributed by atoms with Crippen molar-refractivity contribution in [2.24, 2.45) is 0 Å². The van der Waals surface area contributed by atoms with Gasteiger partial charge in [0.15, 0.2) is 0 Å². The number of halogens is 1. The third-order valence-electron chi connectivity index (χ3n) is 4.18. The molecule has 0 unspecified atom stereocenters. The van der Waals surface area contributed by atoms with Gasteiger partial charge in [-0.05, 0) is 29.3 Å². The molecule has 2 nitrogen and oxygen atoms in total. The van der Waals surface area contributed by atoms with Crippen LogP contribution in [0.2, 0.25) is 0 Å². The van der Waals surface area contributed by atoms with Crippen molar-refractivity contribution in [1.82, 2.24) is 0 Å². The van der Waals surface area contributed by atoms with Crippen LogP contribution in [0.15, 0.2) is 72.8 Å². The highest BCUT2D eigenvalue weighted by atomic mass is 19.1. The molecule has 3 rings (SSSR count). The zero-order chi connectivity index (χ0) is 17.1. The van der Waals surface area contributed by atoms with Crippen LogP contribution in [0.5, 0.6) is 5.75 Å². The molecule has 24 heavy (non-hydrogen) atoms. The Hall–Kier alpha value is -2.81. The van der Waals surface area contributed by atoms with Crippen LogP contribution in [0.4, 0.5) is 10.1 Å². The fourth-order valence-corrected chi connectivity index (χ4v) is 2.91. The molecule has 3 aromatic rings. The third-order valence-corrected chi connectivity index (χ3v) is 4.18. The summed E-state index contributed by atoms with van der Waals surface area (Å²) in [6.45, 7) is 0. The summed E-state index contributed by atoms with van der Waals surface area (Å²) in [7, 11) is 3.87. The van der Waals surface area contributed by atoms with E-state index in [9.17, 15) is 9.50 Å². The molecule has 0 amide bonds. The molecule has 0 aliphatic heterocycles. The zero-order valence-electron chi connectivity index (χ0n) is 13.8. The van der Waals surface area contributed by atoms with Gasteiger partial charge in [-0.15, -0.1) is 0 Å². The van der Waals surface area contributed by atoms with Crippen LogP contribution in [0.25, 0.3) is 0 Å². The van der Waals surface area contributed by atoms with E-state index in [1.165, 1.54) is 12.1 Å². The lowest BCUT2D eigenvalue weighted by atomic mass is 9.84. The van der Waals surface area contributed by atoms with Crippen molar-refractivity contribution in [2.75, 3.05) is 19.0 Å². The number of hydrogen-bond acceptors (Lipinski definition) is 2. The van der Waals surface area contributed by atoms with Crippen LogP contribution >= 0.6 is 0 Å². The van der Waals surface area contributed by atoms with Crippen LogP contribution in [0, 0.1) is 5.82 Å². The molecule has 0 aliphatic rings. The van der Waals surface area contributed by atoms with Crippen LogP contribution in [0.1, 0.15) is 22.6 Å². The van der Waals surface area contributed by atoms with Crippen molar-refractivity contribution in [3.63, 3.8) is 0 Å². The topological polar surface area (TPSA) is 23.5 Å². The quantitative estimate of drug-likeness (QED) is 0.699. The minimum Gasteiger partial charge on any atom is -0.508 e. The van der Waals surface area contributed by atoms with Gasteiger partial charge in [-0.25, -0.2) is 4.39 Å². The molecule has 0 saturated carbocycles. The van der Waals surface area contributed by atoms with Gasteiger partial charge in [0.05, 0.1) is 0 Å². The molecule has 3 aromatic carbocycles. The van der Waals surface area contributed by atoms with E-state index in [0.717, 1.165) is 22.4 Å². The molecule has 0 aliphatic carbocycles. The van der Waals surface area contributed by atoms with Crippen LogP contribution in [-0.4, -0.2) is 19.2 Å². The fraction of sp³-hybridized carbons (Fsp3) is 0.143. The molecule has 0 saturated heterocycles. The molecular formula is C21H20FNO. The van der Waals surface area contributed by atoms with E-state index in [0.29, 0.717) is 0 Å². The number of aromatic hydroxyl groups is 1.